The van der Waals surface area contributed by atoms with Gasteiger partial charge in [-0.1, -0.05) is 71.3 Å². The molecule has 2 N–H and O–H groups in total. The topological polar surface area (TPSA) is 116 Å². The first-order chi connectivity index (χ1) is 25.3. The molecule has 2 aliphatic carbocycles. The maximum absolute atomic E-state index is 15.2. The highest BCUT2D eigenvalue weighted by molar-refractivity contribution is 6.31. The number of hydrazine groups is 1. The fourth-order valence-corrected chi connectivity index (χ4v) is 9.02. The summed E-state index contributed by atoms with van der Waals surface area (Å²) in [6.45, 7) is 1.88. The van der Waals surface area contributed by atoms with Gasteiger partial charge < -0.3 is 9.84 Å². The molecule has 4 aliphatic rings. The molecule has 6 atom stereocenters. The molecule has 4 aromatic carbocycles. The van der Waals surface area contributed by atoms with Gasteiger partial charge >= 0.3 is 6.36 Å². The number of aryl methyl sites for hydroxylation is 1. The van der Waals surface area contributed by atoms with Crippen LogP contribution in [0.2, 0.25) is 5.02 Å². The van der Waals surface area contributed by atoms with Crippen molar-refractivity contribution < 1.29 is 42.2 Å². The predicted molar refractivity (Wildman–Crippen MR) is 188 cm³/mol. The van der Waals surface area contributed by atoms with Crippen LogP contribution < -0.4 is 15.1 Å². The third-order valence-electron chi connectivity index (χ3n) is 11.0. The van der Waals surface area contributed by atoms with E-state index in [0.29, 0.717) is 27.5 Å². The third kappa shape index (κ3) is 5.46. The molecule has 2 aliphatic heterocycles. The van der Waals surface area contributed by atoms with E-state index in [9.17, 15) is 32.7 Å². The lowest BCUT2D eigenvalue weighted by Gasteiger charge is -2.50. The number of nitrogens with zero attached hydrogens (tertiary/aromatic N) is 2. The molecule has 53 heavy (non-hydrogen) atoms. The van der Waals surface area contributed by atoms with E-state index in [1.54, 1.807) is 84.9 Å². The summed E-state index contributed by atoms with van der Waals surface area (Å²) in [7, 11) is 0. The molecule has 2 saturated heterocycles. The summed E-state index contributed by atoms with van der Waals surface area (Å²) in [6.07, 6.45) is -3.29. The van der Waals surface area contributed by atoms with Crippen molar-refractivity contribution in [3.8, 4) is 11.5 Å². The van der Waals surface area contributed by atoms with Gasteiger partial charge in [-0.3, -0.25) is 29.5 Å². The number of imide groups is 2. The molecule has 0 radical (unpaired) electrons. The molecule has 3 fully saturated rings. The normalized spacial score (nSPS) is 26.6. The second kappa shape index (κ2) is 12.5. The summed E-state index contributed by atoms with van der Waals surface area (Å²) >= 11 is 6.09. The maximum atomic E-state index is 15.2. The first-order valence-electron chi connectivity index (χ1n) is 17.0. The number of nitrogens with one attached hydrogen (secondary N) is 1. The van der Waals surface area contributed by atoms with Gasteiger partial charge in [-0.05, 0) is 85.8 Å². The fraction of sp³-hybridized carbons (Fsp3) is 0.250. The Morgan fingerprint density at radius 1 is 0.868 bits per heavy atom. The quantitative estimate of drug-likeness (QED) is 0.156. The van der Waals surface area contributed by atoms with Gasteiger partial charge in [0.25, 0.3) is 11.8 Å². The molecule has 9 nitrogen and oxygen atoms in total. The number of allylic oxidation sites excluding steroid dienone is 2. The smallest absolute Gasteiger partial charge is 0.508 e. The van der Waals surface area contributed by atoms with Crippen molar-refractivity contribution in [3.63, 3.8) is 0 Å². The zero-order valence-electron chi connectivity index (χ0n) is 28.0. The van der Waals surface area contributed by atoms with Gasteiger partial charge in [0.2, 0.25) is 11.8 Å². The highest BCUT2D eigenvalue weighted by Gasteiger charge is 2.70. The number of rotatable bonds is 6. The van der Waals surface area contributed by atoms with Crippen LogP contribution in [0.15, 0.2) is 109 Å². The molecule has 8 rings (SSSR count). The minimum atomic E-state index is -5.07. The zero-order chi connectivity index (χ0) is 37.4. The number of hydrogen-bond donors (Lipinski definition) is 2. The largest absolute Gasteiger partial charge is 0.573 e. The van der Waals surface area contributed by atoms with Gasteiger partial charge in [0.15, 0.2) is 0 Å². The Morgan fingerprint density at radius 2 is 1.57 bits per heavy atom. The van der Waals surface area contributed by atoms with Crippen LogP contribution >= 0.6 is 11.6 Å². The molecule has 270 valence electrons. The summed E-state index contributed by atoms with van der Waals surface area (Å²) in [4.78, 5) is 59.4. The molecule has 13 heteroatoms. The van der Waals surface area contributed by atoms with Crippen molar-refractivity contribution in [2.24, 2.45) is 23.7 Å². The number of carbonyl (C=O) groups excluding carboxylic acids is 4. The standard InChI is InChI=1S/C40H31ClF3N3O6/c1-21-7-11-24(12-8-21)45-47-36(50)31-20-29-27(16-17-28-33(29)37(51)46(35(28)49)25-13-9-23(41)10-14-25)34(39(31,38(47)52)22-5-3-2-4-6-22)30-19-26(15-18-32(30)48)53-40(42,43)44/h2-16,18-19,28-29,31,33-34,45,48H,17,20H2,1H3/t28-,29+,31-,33-,34+,39+/m0/s1. The number of halogens is 4. The van der Waals surface area contributed by atoms with Gasteiger partial charge in [-0.15, -0.1) is 13.2 Å². The number of aromatic hydroxyl groups is 1. The van der Waals surface area contributed by atoms with E-state index in [4.69, 9.17) is 11.6 Å². The van der Waals surface area contributed by atoms with Crippen LogP contribution in [-0.4, -0.2) is 40.1 Å². The number of alkyl halides is 3. The average Bonchev–Trinajstić information content (AvgIpc) is 3.51. The molecular formula is C40H31ClF3N3O6. The van der Waals surface area contributed by atoms with E-state index in [1.165, 1.54) is 0 Å². The predicted octanol–water partition coefficient (Wildman–Crippen LogP) is 7.44. The van der Waals surface area contributed by atoms with E-state index in [2.05, 4.69) is 10.2 Å². The first-order valence-corrected chi connectivity index (χ1v) is 17.4. The minimum Gasteiger partial charge on any atom is -0.508 e. The number of ether oxygens (including phenoxy) is 1. The number of phenols is 1. The van der Waals surface area contributed by atoms with Gasteiger partial charge in [0.05, 0.1) is 34.5 Å². The number of amides is 4. The van der Waals surface area contributed by atoms with Gasteiger partial charge in [0.1, 0.15) is 11.5 Å². The van der Waals surface area contributed by atoms with E-state index >= 15 is 4.79 Å². The minimum absolute atomic E-state index is 0.0397. The van der Waals surface area contributed by atoms with Crippen LogP contribution in [-0.2, 0) is 24.6 Å². The second-order valence-electron chi connectivity index (χ2n) is 13.8. The van der Waals surface area contributed by atoms with Gasteiger partial charge in [0, 0.05) is 16.5 Å². The molecule has 2 heterocycles. The van der Waals surface area contributed by atoms with Crippen LogP contribution in [0.4, 0.5) is 24.5 Å². The summed E-state index contributed by atoms with van der Waals surface area (Å²) in [6, 6.07) is 24.7. The van der Waals surface area contributed by atoms with Gasteiger partial charge in [-0.25, -0.2) is 0 Å². The average molecular weight is 742 g/mol. The first kappa shape index (κ1) is 34.5. The van der Waals surface area contributed by atoms with Crippen LogP contribution in [0.1, 0.15) is 35.4 Å². The Morgan fingerprint density at radius 3 is 2.25 bits per heavy atom. The number of benzene rings is 4. The Balaban J connectivity index is 1.34. The van der Waals surface area contributed by atoms with Crippen molar-refractivity contribution in [3.05, 3.63) is 130 Å². The highest BCUT2D eigenvalue weighted by Crippen LogP contribution is 2.65. The monoisotopic (exact) mass is 741 g/mol. The molecule has 4 amide bonds. The Bertz CT molecular complexity index is 2190. The van der Waals surface area contributed by atoms with Crippen LogP contribution in [0.5, 0.6) is 11.5 Å². The van der Waals surface area contributed by atoms with Crippen LogP contribution in [0.3, 0.4) is 0 Å². The second-order valence-corrected chi connectivity index (χ2v) is 14.3. The van der Waals surface area contributed by atoms with Crippen molar-refractivity contribution >= 4 is 46.6 Å². The molecule has 0 aromatic heterocycles. The van der Waals surface area contributed by atoms with E-state index < -0.39 is 76.5 Å². The van der Waals surface area contributed by atoms with Crippen molar-refractivity contribution in [1.29, 1.82) is 0 Å². The summed E-state index contributed by atoms with van der Waals surface area (Å²) < 4.78 is 45.0. The zero-order valence-corrected chi connectivity index (χ0v) is 28.8. The fourth-order valence-electron chi connectivity index (χ4n) is 8.90. The Hall–Kier alpha value is -5.62. The molecule has 0 bridgehead atoms. The van der Waals surface area contributed by atoms with E-state index in [-0.39, 0.29) is 18.4 Å². The molecular weight excluding hydrogens is 711 g/mol. The number of phenolic OH excluding ortho intramolecular Hbond substituents is 1. The van der Waals surface area contributed by atoms with Crippen molar-refractivity contribution in [2.75, 3.05) is 10.3 Å². The number of hydrogen-bond acceptors (Lipinski definition) is 7. The van der Waals surface area contributed by atoms with E-state index in [0.717, 1.165) is 33.7 Å². The molecule has 0 unspecified atom stereocenters. The van der Waals surface area contributed by atoms with Crippen molar-refractivity contribution in [2.45, 2.75) is 37.5 Å². The molecule has 0 spiro atoms. The summed E-state index contributed by atoms with van der Waals surface area (Å²) in [5.41, 5.74) is 3.61. The number of anilines is 2. The number of fused-ring (bicyclic) bond motifs is 4. The SMILES string of the molecule is Cc1ccc(NN2C(=O)[C@@H]3C[C@@H]4C(=CC[C@@H]5C(=O)N(c6ccc(Cl)cc6)C(=O)[C@@H]54)[C@H](c4cc(OC(F)(F)F)ccc4O)[C@]3(c3ccccc3)C2=O)cc1. The molecule has 4 aromatic rings. The Labute approximate surface area is 306 Å². The van der Waals surface area contributed by atoms with Crippen molar-refractivity contribution in [1.82, 2.24) is 5.01 Å². The highest BCUT2D eigenvalue weighted by atomic mass is 35.5. The molecule has 1 saturated carbocycles. The lowest BCUT2D eigenvalue weighted by molar-refractivity contribution is -0.274. The van der Waals surface area contributed by atoms with Gasteiger partial charge in [-0.2, -0.15) is 5.01 Å². The summed E-state index contributed by atoms with van der Waals surface area (Å²) in [5.74, 6) is -8.37. The Kier molecular flexibility index (Phi) is 8.13. The lowest BCUT2D eigenvalue weighted by Crippen LogP contribution is -2.53. The lowest BCUT2D eigenvalue weighted by atomic mass is 9.49. The number of carbonyl (C=O) groups is 4. The summed E-state index contributed by atoms with van der Waals surface area (Å²) in [5, 5.41) is 12.8. The van der Waals surface area contributed by atoms with Crippen LogP contribution in [0.25, 0.3) is 0 Å². The van der Waals surface area contributed by atoms with E-state index in [1.807, 2.05) is 6.92 Å². The van der Waals surface area contributed by atoms with Crippen LogP contribution in [0, 0.1) is 30.6 Å². The maximum Gasteiger partial charge on any atom is 0.573 e. The third-order valence-corrected chi connectivity index (χ3v) is 11.3.